The van der Waals surface area contributed by atoms with Crippen molar-refractivity contribution in [2.45, 2.75) is 134 Å². The van der Waals surface area contributed by atoms with Crippen molar-refractivity contribution >= 4 is 5.91 Å². The van der Waals surface area contributed by atoms with Gasteiger partial charge in [-0.15, -0.1) is 0 Å². The number of rotatable bonds is 9. The predicted octanol–water partition coefficient (Wildman–Crippen LogP) is 9.20. The third-order valence-electron chi connectivity index (χ3n) is 9.93. The Bertz CT molecular complexity index is 854. The molecule has 0 saturated heterocycles. The SMILES string of the molecule is C=C(C)C(=O)NC1CCC(C2CCC(c3ccc(C4CCC(CCCCC)CC4)cc3F)CC2)CC1. The molecule has 3 aliphatic carbocycles. The molecule has 1 N–H and O–H groups in total. The molecule has 0 atom stereocenters. The minimum Gasteiger partial charge on any atom is -0.350 e. The lowest BCUT2D eigenvalue weighted by Crippen LogP contribution is -2.39. The van der Waals surface area contributed by atoms with E-state index in [9.17, 15) is 4.79 Å². The van der Waals surface area contributed by atoms with Crippen LogP contribution in [0.4, 0.5) is 4.39 Å². The molecule has 0 bridgehead atoms. The molecule has 0 unspecified atom stereocenters. The molecule has 0 radical (unpaired) electrons. The first kappa shape index (κ1) is 27.4. The van der Waals surface area contributed by atoms with Gasteiger partial charge in [-0.3, -0.25) is 4.79 Å². The molecule has 1 aromatic rings. The summed E-state index contributed by atoms with van der Waals surface area (Å²) in [4.78, 5) is 11.9. The maximum atomic E-state index is 15.3. The Morgan fingerprint density at radius 2 is 1.50 bits per heavy atom. The van der Waals surface area contributed by atoms with E-state index in [1.165, 1.54) is 82.6 Å². The smallest absolute Gasteiger partial charge is 0.246 e. The summed E-state index contributed by atoms with van der Waals surface area (Å²) in [6.45, 7) is 7.80. The quantitative estimate of drug-likeness (QED) is 0.268. The summed E-state index contributed by atoms with van der Waals surface area (Å²) in [6.07, 6.45) is 19.8. The second kappa shape index (κ2) is 13.2. The van der Waals surface area contributed by atoms with E-state index in [4.69, 9.17) is 0 Å². The van der Waals surface area contributed by atoms with Gasteiger partial charge in [-0.25, -0.2) is 4.39 Å². The zero-order valence-electron chi connectivity index (χ0n) is 23.0. The number of unbranched alkanes of at least 4 members (excludes halogenated alkanes) is 2. The van der Waals surface area contributed by atoms with Crippen LogP contribution in [-0.4, -0.2) is 11.9 Å². The predicted molar refractivity (Wildman–Crippen MR) is 149 cm³/mol. The van der Waals surface area contributed by atoms with Gasteiger partial charge in [-0.1, -0.05) is 51.3 Å². The Morgan fingerprint density at radius 3 is 2.08 bits per heavy atom. The van der Waals surface area contributed by atoms with Crippen molar-refractivity contribution in [1.29, 1.82) is 0 Å². The molecule has 0 spiro atoms. The summed E-state index contributed by atoms with van der Waals surface area (Å²) < 4.78 is 15.3. The monoisotopic (exact) mass is 495 g/mol. The van der Waals surface area contributed by atoms with Crippen LogP contribution < -0.4 is 5.32 Å². The van der Waals surface area contributed by atoms with E-state index in [1.54, 1.807) is 6.92 Å². The summed E-state index contributed by atoms with van der Waals surface area (Å²) in [6, 6.07) is 6.60. The molecule has 3 fully saturated rings. The van der Waals surface area contributed by atoms with Gasteiger partial charge in [0.2, 0.25) is 5.91 Å². The fraction of sp³-hybridized carbons (Fsp3) is 0.727. The first-order chi connectivity index (χ1) is 17.4. The second-order valence-corrected chi connectivity index (χ2v) is 12.5. The van der Waals surface area contributed by atoms with Gasteiger partial charge in [0.15, 0.2) is 0 Å². The summed E-state index contributed by atoms with van der Waals surface area (Å²) >= 11 is 0. The van der Waals surface area contributed by atoms with Gasteiger partial charge in [0.25, 0.3) is 0 Å². The Labute approximate surface area is 219 Å². The molecule has 2 nitrogen and oxygen atoms in total. The number of hydrogen-bond acceptors (Lipinski definition) is 1. The van der Waals surface area contributed by atoms with Crippen LogP contribution in [0.3, 0.4) is 0 Å². The first-order valence-corrected chi connectivity index (χ1v) is 15.2. The van der Waals surface area contributed by atoms with Crippen molar-refractivity contribution in [2.75, 3.05) is 0 Å². The van der Waals surface area contributed by atoms with Gasteiger partial charge in [0, 0.05) is 11.6 Å². The Kier molecular flexibility index (Phi) is 10.1. The number of halogens is 1. The molecule has 1 aromatic carbocycles. The van der Waals surface area contributed by atoms with Crippen LogP contribution in [0.5, 0.6) is 0 Å². The number of amides is 1. The normalized spacial score (nSPS) is 31.1. The van der Waals surface area contributed by atoms with Gasteiger partial charge >= 0.3 is 0 Å². The number of carbonyl (C=O) groups is 1. The Morgan fingerprint density at radius 1 is 0.889 bits per heavy atom. The molecule has 3 heteroatoms. The fourth-order valence-electron chi connectivity index (χ4n) is 7.54. The van der Waals surface area contributed by atoms with E-state index in [0.29, 0.717) is 23.5 Å². The molecular weight excluding hydrogens is 445 g/mol. The molecular formula is C33H50FNO. The molecule has 0 aliphatic heterocycles. The van der Waals surface area contributed by atoms with Gasteiger partial charge in [-0.05, 0) is 131 Å². The summed E-state index contributed by atoms with van der Waals surface area (Å²) in [5, 5.41) is 3.14. The fourth-order valence-corrected chi connectivity index (χ4v) is 7.54. The van der Waals surface area contributed by atoms with Crippen LogP contribution in [0.15, 0.2) is 30.4 Å². The maximum Gasteiger partial charge on any atom is 0.246 e. The van der Waals surface area contributed by atoms with E-state index in [1.807, 2.05) is 6.07 Å². The largest absolute Gasteiger partial charge is 0.350 e. The average molecular weight is 496 g/mol. The van der Waals surface area contributed by atoms with Crippen LogP contribution in [0.2, 0.25) is 0 Å². The molecule has 36 heavy (non-hydrogen) atoms. The maximum absolute atomic E-state index is 15.3. The van der Waals surface area contributed by atoms with Gasteiger partial charge in [0.1, 0.15) is 5.82 Å². The minimum atomic E-state index is 0.00194. The van der Waals surface area contributed by atoms with E-state index in [-0.39, 0.29) is 11.7 Å². The van der Waals surface area contributed by atoms with Crippen molar-refractivity contribution in [3.63, 3.8) is 0 Å². The van der Waals surface area contributed by atoms with Crippen molar-refractivity contribution in [3.8, 4) is 0 Å². The van der Waals surface area contributed by atoms with Gasteiger partial charge in [0.05, 0.1) is 0 Å². The number of carbonyl (C=O) groups excluding carboxylic acids is 1. The van der Waals surface area contributed by atoms with Crippen molar-refractivity contribution in [3.05, 3.63) is 47.3 Å². The Balaban J connectivity index is 1.22. The van der Waals surface area contributed by atoms with Gasteiger partial charge in [-0.2, -0.15) is 0 Å². The molecule has 0 heterocycles. The Hall–Kier alpha value is -1.64. The van der Waals surface area contributed by atoms with E-state index in [0.717, 1.165) is 49.0 Å². The number of benzene rings is 1. The summed E-state index contributed by atoms with van der Waals surface area (Å²) in [5.41, 5.74) is 2.81. The lowest BCUT2D eigenvalue weighted by Gasteiger charge is -2.38. The highest BCUT2D eigenvalue weighted by molar-refractivity contribution is 5.92. The molecule has 0 aromatic heterocycles. The van der Waals surface area contributed by atoms with Crippen LogP contribution in [0.1, 0.15) is 140 Å². The lowest BCUT2D eigenvalue weighted by atomic mass is 9.69. The average Bonchev–Trinajstić information content (AvgIpc) is 2.90. The molecule has 3 saturated carbocycles. The highest BCUT2D eigenvalue weighted by atomic mass is 19.1. The van der Waals surface area contributed by atoms with Crippen LogP contribution in [-0.2, 0) is 4.79 Å². The summed E-state index contributed by atoms with van der Waals surface area (Å²) in [5.74, 6) is 3.44. The van der Waals surface area contributed by atoms with Crippen molar-refractivity contribution < 1.29 is 9.18 Å². The molecule has 4 rings (SSSR count). The zero-order valence-corrected chi connectivity index (χ0v) is 23.0. The van der Waals surface area contributed by atoms with E-state index in [2.05, 4.69) is 31.0 Å². The molecule has 200 valence electrons. The molecule has 1 amide bonds. The first-order valence-electron chi connectivity index (χ1n) is 15.2. The third kappa shape index (κ3) is 7.23. The third-order valence-corrected chi connectivity index (χ3v) is 9.93. The standard InChI is InChI=1S/C33H50FNO/c1-4-5-6-7-24-8-10-27(11-9-24)29-18-21-31(32(34)22-29)28-14-12-25(13-15-28)26-16-19-30(20-17-26)35-33(36)23(2)3/h18,21-22,24-28,30H,2,4-17,19-20H2,1,3H3,(H,35,36). The molecule has 3 aliphatic rings. The van der Waals surface area contributed by atoms with Gasteiger partial charge < -0.3 is 5.32 Å². The minimum absolute atomic E-state index is 0.00194. The zero-order chi connectivity index (χ0) is 25.5. The number of hydrogen-bond donors (Lipinski definition) is 1. The number of nitrogens with one attached hydrogen (secondary N) is 1. The second-order valence-electron chi connectivity index (χ2n) is 12.5. The van der Waals surface area contributed by atoms with E-state index >= 15 is 4.39 Å². The van der Waals surface area contributed by atoms with E-state index < -0.39 is 0 Å². The van der Waals surface area contributed by atoms with Crippen LogP contribution in [0, 0.1) is 23.6 Å². The summed E-state index contributed by atoms with van der Waals surface area (Å²) in [7, 11) is 0. The lowest BCUT2D eigenvalue weighted by molar-refractivity contribution is -0.118. The van der Waals surface area contributed by atoms with Crippen molar-refractivity contribution in [1.82, 2.24) is 5.32 Å². The van der Waals surface area contributed by atoms with Crippen LogP contribution in [0.25, 0.3) is 0 Å². The highest BCUT2D eigenvalue weighted by Crippen LogP contribution is 2.44. The van der Waals surface area contributed by atoms with Crippen LogP contribution >= 0.6 is 0 Å². The highest BCUT2D eigenvalue weighted by Gasteiger charge is 2.32. The van der Waals surface area contributed by atoms with Crippen molar-refractivity contribution in [2.24, 2.45) is 17.8 Å². The topological polar surface area (TPSA) is 29.1 Å².